The molecule has 26 heavy (non-hydrogen) atoms. The summed E-state index contributed by atoms with van der Waals surface area (Å²) in [6.45, 7) is 0. The second-order valence-electron chi connectivity index (χ2n) is 6.33. The fraction of sp³-hybridized carbons (Fsp3) is 0.150. The molecule has 1 aromatic heterocycles. The Kier molecular flexibility index (Phi) is 3.92. The zero-order chi connectivity index (χ0) is 17.7. The minimum atomic E-state index is -0.315. The first-order chi connectivity index (χ1) is 12.7. The summed E-state index contributed by atoms with van der Waals surface area (Å²) in [5, 5.41) is 10.4. The molecule has 6 heteroatoms. The van der Waals surface area contributed by atoms with Crippen molar-refractivity contribution in [3.63, 3.8) is 0 Å². The van der Waals surface area contributed by atoms with Crippen molar-refractivity contribution in [3.8, 4) is 5.75 Å². The third-order valence-electron chi connectivity index (χ3n) is 4.69. The third-order valence-corrected chi connectivity index (χ3v) is 6.08. The predicted molar refractivity (Wildman–Crippen MR) is 106 cm³/mol. The van der Waals surface area contributed by atoms with Gasteiger partial charge in [0.25, 0.3) is 0 Å². The summed E-state index contributed by atoms with van der Waals surface area (Å²) in [5.41, 5.74) is 3.14. The van der Waals surface area contributed by atoms with Crippen LogP contribution in [0.1, 0.15) is 34.7 Å². The van der Waals surface area contributed by atoms with Gasteiger partial charge in [0, 0.05) is 27.6 Å². The lowest BCUT2D eigenvalue weighted by molar-refractivity contribution is -0.0190. The van der Waals surface area contributed by atoms with E-state index < -0.39 is 0 Å². The van der Waals surface area contributed by atoms with Crippen molar-refractivity contribution in [2.45, 2.75) is 18.7 Å². The maximum absolute atomic E-state index is 6.31. The van der Waals surface area contributed by atoms with Gasteiger partial charge in [-0.2, -0.15) is 5.10 Å². The fourth-order valence-corrected chi connectivity index (χ4v) is 4.63. The smallest absolute Gasteiger partial charge is 0.213 e. The van der Waals surface area contributed by atoms with Crippen LogP contribution in [0.5, 0.6) is 5.75 Å². The Labute approximate surface area is 165 Å². The zero-order valence-electron chi connectivity index (χ0n) is 13.6. The molecule has 0 bridgehead atoms. The lowest BCUT2D eigenvalue weighted by Crippen LogP contribution is -2.33. The number of halogens is 2. The van der Waals surface area contributed by atoms with Crippen molar-refractivity contribution < 1.29 is 4.74 Å². The Morgan fingerprint density at radius 3 is 2.73 bits per heavy atom. The number of rotatable bonds is 2. The minimum absolute atomic E-state index is 0.0959. The number of hydrogen-bond acceptors (Lipinski definition) is 4. The van der Waals surface area contributed by atoms with E-state index in [0.29, 0.717) is 10.0 Å². The lowest BCUT2D eigenvalue weighted by Gasteiger charge is -2.38. The third kappa shape index (κ3) is 2.69. The summed E-state index contributed by atoms with van der Waals surface area (Å²) >= 11 is 14.2. The molecule has 3 nitrogen and oxygen atoms in total. The molecule has 2 atom stereocenters. The molecular formula is C20H14Cl2N2OS. The van der Waals surface area contributed by atoms with Crippen molar-refractivity contribution in [3.05, 3.63) is 86.0 Å². The topological polar surface area (TPSA) is 24.8 Å². The highest BCUT2D eigenvalue weighted by Crippen LogP contribution is 2.48. The highest BCUT2D eigenvalue weighted by molar-refractivity contribution is 7.12. The summed E-state index contributed by atoms with van der Waals surface area (Å²) in [6, 6.07) is 17.8. The SMILES string of the molecule is Clc1cccc(C2Oc3ccc(Cl)cc3C3CC(c4cccs4)=NN32)c1. The van der Waals surface area contributed by atoms with Gasteiger partial charge in [-0.05, 0) is 41.8 Å². The van der Waals surface area contributed by atoms with Gasteiger partial charge >= 0.3 is 0 Å². The van der Waals surface area contributed by atoms with E-state index >= 15 is 0 Å². The first-order valence-corrected chi connectivity index (χ1v) is 9.94. The zero-order valence-corrected chi connectivity index (χ0v) is 15.9. The van der Waals surface area contributed by atoms with Crippen LogP contribution in [0.15, 0.2) is 65.1 Å². The highest BCUT2D eigenvalue weighted by atomic mass is 35.5. The number of fused-ring (bicyclic) bond motifs is 3. The lowest BCUT2D eigenvalue weighted by atomic mass is 9.97. The molecule has 0 amide bonds. The van der Waals surface area contributed by atoms with Crippen LogP contribution < -0.4 is 4.74 Å². The largest absolute Gasteiger partial charge is 0.464 e. The molecule has 0 saturated carbocycles. The van der Waals surface area contributed by atoms with E-state index in [9.17, 15) is 0 Å². The number of thiophene rings is 1. The van der Waals surface area contributed by atoms with Gasteiger partial charge in [-0.15, -0.1) is 11.3 Å². The van der Waals surface area contributed by atoms with Crippen molar-refractivity contribution in [1.29, 1.82) is 0 Å². The number of hydrogen-bond donors (Lipinski definition) is 0. The van der Waals surface area contributed by atoms with E-state index in [0.717, 1.165) is 29.0 Å². The Morgan fingerprint density at radius 2 is 1.92 bits per heavy atom. The molecule has 2 aliphatic heterocycles. The van der Waals surface area contributed by atoms with Crippen LogP contribution >= 0.6 is 34.5 Å². The van der Waals surface area contributed by atoms with Crippen LogP contribution in [-0.4, -0.2) is 10.7 Å². The molecule has 2 aliphatic rings. The minimum Gasteiger partial charge on any atom is -0.464 e. The van der Waals surface area contributed by atoms with Crippen LogP contribution in [0.25, 0.3) is 0 Å². The summed E-state index contributed by atoms with van der Waals surface area (Å²) in [5.74, 6) is 0.850. The van der Waals surface area contributed by atoms with Gasteiger partial charge in [0.05, 0.1) is 16.6 Å². The second kappa shape index (κ2) is 6.31. The van der Waals surface area contributed by atoms with E-state index in [1.54, 1.807) is 11.3 Å². The monoisotopic (exact) mass is 400 g/mol. The molecule has 0 N–H and O–H groups in total. The van der Waals surface area contributed by atoms with E-state index in [4.69, 9.17) is 33.0 Å². The Bertz CT molecular complexity index is 1000. The number of benzene rings is 2. The Hall–Kier alpha value is -2.01. The highest BCUT2D eigenvalue weighted by Gasteiger charge is 2.41. The number of nitrogens with zero attached hydrogens (tertiary/aromatic N) is 2. The van der Waals surface area contributed by atoms with Gasteiger partial charge < -0.3 is 4.74 Å². The second-order valence-corrected chi connectivity index (χ2v) is 8.15. The molecule has 0 fully saturated rings. The molecule has 0 aliphatic carbocycles. The van der Waals surface area contributed by atoms with Gasteiger partial charge in [-0.3, -0.25) is 0 Å². The standard InChI is InChI=1S/C20H14Cl2N2OS/c21-13-4-1-3-12(9-13)20-24-17(11-16(23-24)19-5-2-8-26-19)15-10-14(22)6-7-18(15)25-20/h1-10,17,20H,11H2. The molecule has 5 rings (SSSR count). The van der Waals surface area contributed by atoms with Gasteiger partial charge in [-0.25, -0.2) is 5.01 Å². The summed E-state index contributed by atoms with van der Waals surface area (Å²) in [6.07, 6.45) is 0.513. The molecule has 3 heterocycles. The van der Waals surface area contributed by atoms with Crippen LogP contribution in [0.2, 0.25) is 10.0 Å². The van der Waals surface area contributed by atoms with Gasteiger partial charge in [0.1, 0.15) is 5.75 Å². The molecule has 2 unspecified atom stereocenters. The van der Waals surface area contributed by atoms with E-state index in [-0.39, 0.29) is 12.3 Å². The molecular weight excluding hydrogens is 387 g/mol. The van der Waals surface area contributed by atoms with Gasteiger partial charge in [0.15, 0.2) is 0 Å². The molecule has 0 saturated heterocycles. The Balaban J connectivity index is 1.63. The van der Waals surface area contributed by atoms with Crippen molar-refractivity contribution >= 4 is 40.3 Å². The molecule has 2 aromatic carbocycles. The van der Waals surface area contributed by atoms with Crippen LogP contribution in [0.3, 0.4) is 0 Å². The van der Waals surface area contributed by atoms with Gasteiger partial charge in [0.2, 0.25) is 6.23 Å². The normalized spacial score (nSPS) is 21.0. The summed E-state index contributed by atoms with van der Waals surface area (Å²) in [7, 11) is 0. The number of hydrazone groups is 1. The predicted octanol–water partition coefficient (Wildman–Crippen LogP) is 6.30. The van der Waals surface area contributed by atoms with Crippen LogP contribution in [0, 0.1) is 0 Å². The van der Waals surface area contributed by atoms with Crippen molar-refractivity contribution in [2.24, 2.45) is 5.10 Å². The average molecular weight is 401 g/mol. The Morgan fingerprint density at radius 1 is 1.04 bits per heavy atom. The first-order valence-electron chi connectivity index (χ1n) is 8.30. The van der Waals surface area contributed by atoms with Crippen LogP contribution in [0.4, 0.5) is 0 Å². The quantitative estimate of drug-likeness (QED) is 0.504. The summed E-state index contributed by atoms with van der Waals surface area (Å²) in [4.78, 5) is 1.19. The van der Waals surface area contributed by atoms with E-state index in [1.165, 1.54) is 4.88 Å². The van der Waals surface area contributed by atoms with Crippen molar-refractivity contribution in [2.75, 3.05) is 0 Å². The van der Waals surface area contributed by atoms with E-state index in [2.05, 4.69) is 17.5 Å². The first kappa shape index (κ1) is 16.2. The molecule has 0 spiro atoms. The maximum Gasteiger partial charge on any atom is 0.213 e. The maximum atomic E-state index is 6.31. The molecule has 130 valence electrons. The van der Waals surface area contributed by atoms with Crippen LogP contribution in [-0.2, 0) is 0 Å². The average Bonchev–Trinajstić information content (AvgIpc) is 3.31. The van der Waals surface area contributed by atoms with Gasteiger partial charge in [-0.1, -0.05) is 41.4 Å². The number of ether oxygens (including phenoxy) is 1. The molecule has 0 radical (unpaired) electrons. The van der Waals surface area contributed by atoms with Crippen molar-refractivity contribution in [1.82, 2.24) is 5.01 Å². The summed E-state index contributed by atoms with van der Waals surface area (Å²) < 4.78 is 6.31. The van der Waals surface area contributed by atoms with E-state index in [1.807, 2.05) is 47.5 Å². The fourth-order valence-electron chi connectivity index (χ4n) is 3.53. The molecule has 3 aromatic rings.